The molecule has 1 aliphatic rings. The van der Waals surface area contributed by atoms with Gasteiger partial charge in [-0.05, 0) is 32.0 Å². The Bertz CT molecular complexity index is 784. The molecular formula is C17H20N4O3S. The third kappa shape index (κ3) is 3.85. The fourth-order valence-corrected chi connectivity index (χ4v) is 3.53. The number of nitrogens with zero attached hydrogens (tertiary/aromatic N) is 2. The molecule has 2 heterocycles. The Morgan fingerprint density at radius 2 is 2.32 bits per heavy atom. The predicted molar refractivity (Wildman–Crippen MR) is 97.1 cm³/mol. The zero-order valence-corrected chi connectivity index (χ0v) is 14.9. The number of carbonyl (C=O) groups is 2. The van der Waals surface area contributed by atoms with Gasteiger partial charge in [0, 0.05) is 17.3 Å². The summed E-state index contributed by atoms with van der Waals surface area (Å²) in [4.78, 5) is 24.2. The van der Waals surface area contributed by atoms with Gasteiger partial charge in [0.05, 0.1) is 30.2 Å². The Morgan fingerprint density at radius 1 is 1.48 bits per heavy atom. The van der Waals surface area contributed by atoms with Crippen molar-refractivity contribution in [3.05, 3.63) is 41.7 Å². The summed E-state index contributed by atoms with van der Waals surface area (Å²) < 4.78 is 6.69. The largest absolute Gasteiger partial charge is 0.462 e. The molecule has 1 amide bonds. The number of anilines is 1. The SMILES string of the molecule is CCOC(=O)c1cnn(-c2cccc(NC(=O)C3CSCN3)c2)c1C. The van der Waals surface area contributed by atoms with Crippen molar-refractivity contribution < 1.29 is 14.3 Å². The van der Waals surface area contributed by atoms with Gasteiger partial charge >= 0.3 is 5.97 Å². The molecule has 2 aromatic rings. The van der Waals surface area contributed by atoms with E-state index in [1.165, 1.54) is 6.20 Å². The number of nitrogens with one attached hydrogen (secondary N) is 2. The summed E-state index contributed by atoms with van der Waals surface area (Å²) in [6.45, 7) is 3.89. The second-order valence-electron chi connectivity index (χ2n) is 5.59. The van der Waals surface area contributed by atoms with Gasteiger partial charge in [-0.1, -0.05) is 6.07 Å². The number of hydrogen-bond donors (Lipinski definition) is 2. The van der Waals surface area contributed by atoms with Crippen LogP contribution >= 0.6 is 11.8 Å². The van der Waals surface area contributed by atoms with Crippen LogP contribution in [0.1, 0.15) is 23.0 Å². The zero-order valence-electron chi connectivity index (χ0n) is 14.1. The third-order valence-electron chi connectivity index (χ3n) is 3.90. The van der Waals surface area contributed by atoms with Crippen LogP contribution in [0.25, 0.3) is 5.69 Å². The molecule has 7 nitrogen and oxygen atoms in total. The first kappa shape index (κ1) is 17.5. The first-order valence-corrected chi connectivity index (χ1v) is 9.19. The van der Waals surface area contributed by atoms with Crippen LogP contribution in [-0.2, 0) is 9.53 Å². The summed E-state index contributed by atoms with van der Waals surface area (Å²) in [6, 6.07) is 7.19. The van der Waals surface area contributed by atoms with E-state index in [1.807, 2.05) is 31.2 Å². The highest BCUT2D eigenvalue weighted by Gasteiger charge is 2.22. The highest BCUT2D eigenvalue weighted by atomic mass is 32.2. The van der Waals surface area contributed by atoms with E-state index in [-0.39, 0.29) is 17.9 Å². The summed E-state index contributed by atoms with van der Waals surface area (Å²) in [5, 5.41) is 10.3. The van der Waals surface area contributed by atoms with Crippen molar-refractivity contribution in [3.63, 3.8) is 0 Å². The van der Waals surface area contributed by atoms with Gasteiger partial charge in [0.1, 0.15) is 5.56 Å². The van der Waals surface area contributed by atoms with Crippen LogP contribution in [0.4, 0.5) is 5.69 Å². The van der Waals surface area contributed by atoms with Crippen molar-refractivity contribution in [1.82, 2.24) is 15.1 Å². The number of benzene rings is 1. The number of carbonyl (C=O) groups excluding carboxylic acids is 2. The fraction of sp³-hybridized carbons (Fsp3) is 0.353. The first-order chi connectivity index (χ1) is 12.1. The monoisotopic (exact) mass is 360 g/mol. The molecule has 1 atom stereocenters. The zero-order chi connectivity index (χ0) is 17.8. The molecule has 25 heavy (non-hydrogen) atoms. The van der Waals surface area contributed by atoms with E-state index >= 15 is 0 Å². The van der Waals surface area contributed by atoms with Gasteiger partial charge in [-0.15, -0.1) is 11.8 Å². The maximum absolute atomic E-state index is 12.2. The fourth-order valence-electron chi connectivity index (χ4n) is 2.59. The third-order valence-corrected chi connectivity index (χ3v) is 4.84. The smallest absolute Gasteiger partial charge is 0.341 e. The van der Waals surface area contributed by atoms with Crippen molar-refractivity contribution in [3.8, 4) is 5.69 Å². The summed E-state index contributed by atoms with van der Waals surface area (Å²) in [5.74, 6) is 1.13. The highest BCUT2D eigenvalue weighted by molar-refractivity contribution is 7.99. The van der Waals surface area contributed by atoms with Crippen molar-refractivity contribution in [2.24, 2.45) is 0 Å². The van der Waals surface area contributed by atoms with Crippen molar-refractivity contribution in [2.75, 3.05) is 23.6 Å². The lowest BCUT2D eigenvalue weighted by Crippen LogP contribution is -2.37. The lowest BCUT2D eigenvalue weighted by Gasteiger charge is -2.12. The number of amides is 1. The van der Waals surface area contributed by atoms with Crippen LogP contribution in [-0.4, -0.2) is 45.9 Å². The predicted octanol–water partition coefficient (Wildman–Crippen LogP) is 1.96. The quantitative estimate of drug-likeness (QED) is 0.793. The lowest BCUT2D eigenvalue weighted by atomic mass is 10.2. The molecule has 1 aromatic heterocycles. The average molecular weight is 360 g/mol. The Balaban J connectivity index is 1.79. The lowest BCUT2D eigenvalue weighted by molar-refractivity contribution is -0.117. The van der Waals surface area contributed by atoms with E-state index in [4.69, 9.17) is 4.74 Å². The maximum atomic E-state index is 12.2. The minimum absolute atomic E-state index is 0.0495. The van der Waals surface area contributed by atoms with Crippen molar-refractivity contribution in [1.29, 1.82) is 0 Å². The first-order valence-electron chi connectivity index (χ1n) is 8.04. The highest BCUT2D eigenvalue weighted by Crippen LogP contribution is 2.19. The van der Waals surface area contributed by atoms with Crippen LogP contribution in [0.5, 0.6) is 0 Å². The van der Waals surface area contributed by atoms with Gasteiger partial charge in [-0.2, -0.15) is 5.10 Å². The number of hydrogen-bond acceptors (Lipinski definition) is 6. The molecule has 0 radical (unpaired) electrons. The molecule has 1 fully saturated rings. The number of esters is 1. The molecule has 8 heteroatoms. The molecular weight excluding hydrogens is 340 g/mol. The van der Waals surface area contributed by atoms with Gasteiger partial charge in [-0.25, -0.2) is 9.48 Å². The van der Waals surface area contributed by atoms with Crippen LogP contribution in [0, 0.1) is 6.92 Å². The van der Waals surface area contributed by atoms with E-state index in [9.17, 15) is 9.59 Å². The molecule has 0 saturated carbocycles. The molecule has 1 aliphatic heterocycles. The van der Waals surface area contributed by atoms with Gasteiger partial charge in [0.25, 0.3) is 0 Å². The van der Waals surface area contributed by atoms with Crippen LogP contribution in [0.15, 0.2) is 30.5 Å². The summed E-state index contributed by atoms with van der Waals surface area (Å²) in [5.41, 5.74) is 2.58. The second kappa shape index (κ2) is 7.71. The van der Waals surface area contributed by atoms with Crippen molar-refractivity contribution in [2.45, 2.75) is 19.9 Å². The molecule has 0 spiro atoms. The molecule has 0 aliphatic carbocycles. The number of ether oxygens (including phenoxy) is 1. The molecule has 0 bridgehead atoms. The Morgan fingerprint density at radius 3 is 3.04 bits per heavy atom. The van der Waals surface area contributed by atoms with Gasteiger partial charge in [-0.3, -0.25) is 10.1 Å². The molecule has 1 saturated heterocycles. The minimum atomic E-state index is -0.388. The molecule has 132 valence electrons. The van der Waals surface area contributed by atoms with E-state index < -0.39 is 0 Å². The summed E-state index contributed by atoms with van der Waals surface area (Å²) in [6.07, 6.45) is 1.50. The maximum Gasteiger partial charge on any atom is 0.341 e. The summed E-state index contributed by atoms with van der Waals surface area (Å²) >= 11 is 1.70. The Hall–Kier alpha value is -2.32. The van der Waals surface area contributed by atoms with Gasteiger partial charge < -0.3 is 10.1 Å². The Kier molecular flexibility index (Phi) is 5.40. The van der Waals surface area contributed by atoms with Gasteiger partial charge in [0.15, 0.2) is 0 Å². The van der Waals surface area contributed by atoms with Crippen molar-refractivity contribution >= 4 is 29.3 Å². The average Bonchev–Trinajstić information content (AvgIpc) is 3.25. The topological polar surface area (TPSA) is 85.2 Å². The molecule has 1 aromatic carbocycles. The second-order valence-corrected chi connectivity index (χ2v) is 6.62. The van der Waals surface area contributed by atoms with Crippen LogP contribution in [0.3, 0.4) is 0 Å². The molecule has 2 N–H and O–H groups in total. The van der Waals surface area contributed by atoms with E-state index in [0.717, 1.165) is 17.3 Å². The van der Waals surface area contributed by atoms with E-state index in [1.54, 1.807) is 23.4 Å². The van der Waals surface area contributed by atoms with Crippen LogP contribution < -0.4 is 10.6 Å². The number of thioether (sulfide) groups is 1. The number of rotatable bonds is 5. The normalized spacial score (nSPS) is 16.6. The van der Waals surface area contributed by atoms with Crippen LogP contribution in [0.2, 0.25) is 0 Å². The number of aromatic nitrogens is 2. The summed E-state index contributed by atoms with van der Waals surface area (Å²) in [7, 11) is 0. The van der Waals surface area contributed by atoms with E-state index in [2.05, 4.69) is 15.7 Å². The Labute approximate surface area is 150 Å². The van der Waals surface area contributed by atoms with Gasteiger partial charge in [0.2, 0.25) is 5.91 Å². The molecule has 1 unspecified atom stereocenters. The standard InChI is InChI=1S/C17H20N4O3S/c1-3-24-17(23)14-8-19-21(11(14)2)13-6-4-5-12(7-13)20-16(22)15-9-25-10-18-15/h4-8,15,18H,3,9-10H2,1-2H3,(H,20,22). The minimum Gasteiger partial charge on any atom is -0.462 e. The van der Waals surface area contributed by atoms with E-state index in [0.29, 0.717) is 23.6 Å². The molecule has 3 rings (SSSR count).